The number of hydrogen-bond donors (Lipinski definition) is 2. The topological polar surface area (TPSA) is 49.7 Å². The monoisotopic (exact) mass is 320 g/mol. The van der Waals surface area contributed by atoms with Gasteiger partial charge in [0, 0.05) is 12.5 Å². The Morgan fingerprint density at radius 2 is 2.13 bits per heavy atom. The first-order valence-corrected chi connectivity index (χ1v) is 5.86. The molecule has 2 N–H and O–H groups in total. The van der Waals surface area contributed by atoms with Crippen LogP contribution in [0.2, 0.25) is 0 Å². The molecule has 0 aromatic heterocycles. The van der Waals surface area contributed by atoms with Crippen LogP contribution in [0.5, 0.6) is 11.5 Å². The highest BCUT2D eigenvalue weighted by Gasteiger charge is 2.35. The van der Waals surface area contributed by atoms with Gasteiger partial charge in [-0.15, -0.1) is 0 Å². The summed E-state index contributed by atoms with van der Waals surface area (Å²) in [6.45, 7) is 3.46. The molecule has 0 fully saturated rings. The zero-order chi connectivity index (χ0) is 11.2. The predicted molar refractivity (Wildman–Crippen MR) is 65.2 cm³/mol. The number of fused-ring (bicyclic) bond motifs is 1. The summed E-state index contributed by atoms with van der Waals surface area (Å²) in [7, 11) is 0. The Labute approximate surface area is 102 Å². The van der Waals surface area contributed by atoms with Crippen molar-refractivity contribution in [3.63, 3.8) is 0 Å². The van der Waals surface area contributed by atoms with E-state index in [0.29, 0.717) is 12.2 Å². The number of halogens is 1. The van der Waals surface area contributed by atoms with Crippen LogP contribution in [0.4, 0.5) is 0 Å². The molecule has 1 atom stereocenters. The molecule has 82 valence electrons. The van der Waals surface area contributed by atoms with Gasteiger partial charge in [-0.25, -0.2) is 0 Å². The second-order valence-electron chi connectivity index (χ2n) is 4.38. The summed E-state index contributed by atoms with van der Waals surface area (Å²) < 4.78 is 6.41. The summed E-state index contributed by atoms with van der Waals surface area (Å²) in [5.74, 6) is 0.908. The first-order chi connectivity index (χ1) is 6.88. The van der Waals surface area contributed by atoms with E-state index in [-0.39, 0.29) is 11.9 Å². The Bertz CT molecular complexity index is 365. The van der Waals surface area contributed by atoms with Crippen LogP contribution < -0.4 is 4.74 Å². The fourth-order valence-corrected chi connectivity index (χ4v) is 2.17. The van der Waals surface area contributed by atoms with Crippen LogP contribution in [0.15, 0.2) is 12.1 Å². The van der Waals surface area contributed by atoms with E-state index < -0.39 is 5.60 Å². The van der Waals surface area contributed by atoms with Crippen LogP contribution in [0.3, 0.4) is 0 Å². The average molecular weight is 320 g/mol. The van der Waals surface area contributed by atoms with Crippen molar-refractivity contribution in [1.29, 1.82) is 0 Å². The quantitative estimate of drug-likeness (QED) is 0.779. The van der Waals surface area contributed by atoms with E-state index in [1.807, 2.05) is 6.07 Å². The molecule has 1 aromatic carbocycles. The molecule has 0 spiro atoms. The Kier molecular flexibility index (Phi) is 2.58. The highest BCUT2D eigenvalue weighted by Crippen LogP contribution is 2.37. The molecule has 1 aliphatic heterocycles. The van der Waals surface area contributed by atoms with Gasteiger partial charge in [0.2, 0.25) is 0 Å². The fraction of sp³-hybridized carbons (Fsp3) is 0.455. The SMILES string of the molecule is CC(C)(O)C1Cc2cc(I)c(O)cc2O1. The zero-order valence-corrected chi connectivity index (χ0v) is 10.8. The molecule has 0 saturated carbocycles. The van der Waals surface area contributed by atoms with Crippen LogP contribution >= 0.6 is 22.6 Å². The standard InChI is InChI=1S/C11H13IO3/c1-11(2,14)10-4-6-3-7(12)8(13)5-9(6)15-10/h3,5,10,13-14H,4H2,1-2H3. The first-order valence-electron chi connectivity index (χ1n) is 4.78. The van der Waals surface area contributed by atoms with Gasteiger partial charge in [0.15, 0.2) is 0 Å². The van der Waals surface area contributed by atoms with E-state index in [9.17, 15) is 10.2 Å². The third kappa shape index (κ3) is 2.06. The summed E-state index contributed by atoms with van der Waals surface area (Å²) in [4.78, 5) is 0. The number of benzene rings is 1. The van der Waals surface area contributed by atoms with E-state index in [1.54, 1.807) is 19.9 Å². The molecule has 3 nitrogen and oxygen atoms in total. The van der Waals surface area contributed by atoms with Crippen molar-refractivity contribution in [3.8, 4) is 11.5 Å². The van der Waals surface area contributed by atoms with Crippen molar-refractivity contribution < 1.29 is 14.9 Å². The number of aliphatic hydroxyl groups is 1. The van der Waals surface area contributed by atoms with Crippen LogP contribution in [-0.2, 0) is 6.42 Å². The van der Waals surface area contributed by atoms with Crippen LogP contribution in [-0.4, -0.2) is 21.9 Å². The number of ether oxygens (including phenoxy) is 1. The predicted octanol–water partition coefficient (Wildman–Crippen LogP) is 2.07. The molecular formula is C11H13IO3. The molecular weight excluding hydrogens is 307 g/mol. The van der Waals surface area contributed by atoms with Crippen molar-refractivity contribution in [2.45, 2.75) is 32.0 Å². The number of phenols is 1. The maximum atomic E-state index is 9.84. The molecule has 2 rings (SSSR count). The molecule has 0 bridgehead atoms. The Balaban J connectivity index is 2.32. The lowest BCUT2D eigenvalue weighted by Crippen LogP contribution is -2.39. The van der Waals surface area contributed by atoms with Gasteiger partial charge >= 0.3 is 0 Å². The second-order valence-corrected chi connectivity index (χ2v) is 5.54. The third-order valence-corrected chi connectivity index (χ3v) is 3.46. The molecule has 1 heterocycles. The van der Waals surface area contributed by atoms with Crippen LogP contribution in [0.25, 0.3) is 0 Å². The van der Waals surface area contributed by atoms with Crippen molar-refractivity contribution in [1.82, 2.24) is 0 Å². The van der Waals surface area contributed by atoms with Gasteiger partial charge in [0.25, 0.3) is 0 Å². The Morgan fingerprint density at radius 3 is 2.73 bits per heavy atom. The van der Waals surface area contributed by atoms with Crippen molar-refractivity contribution in [2.75, 3.05) is 0 Å². The van der Waals surface area contributed by atoms with Crippen LogP contribution in [0, 0.1) is 3.57 Å². The first kappa shape index (κ1) is 11.0. The largest absolute Gasteiger partial charge is 0.507 e. The van der Waals surface area contributed by atoms with E-state index in [1.165, 1.54) is 0 Å². The average Bonchev–Trinajstić information content (AvgIpc) is 2.47. The van der Waals surface area contributed by atoms with Gasteiger partial charge in [0.1, 0.15) is 17.6 Å². The van der Waals surface area contributed by atoms with Crippen molar-refractivity contribution in [2.24, 2.45) is 0 Å². The number of hydrogen-bond acceptors (Lipinski definition) is 3. The number of aromatic hydroxyl groups is 1. The molecule has 1 aromatic rings. The van der Waals surface area contributed by atoms with Crippen molar-refractivity contribution in [3.05, 3.63) is 21.3 Å². The molecule has 4 heteroatoms. The second kappa shape index (κ2) is 3.52. The normalized spacial score (nSPS) is 19.9. The molecule has 0 radical (unpaired) electrons. The molecule has 1 aliphatic rings. The molecule has 0 saturated heterocycles. The third-order valence-electron chi connectivity index (χ3n) is 2.59. The lowest BCUT2D eigenvalue weighted by Gasteiger charge is -2.24. The maximum absolute atomic E-state index is 9.84. The van der Waals surface area contributed by atoms with E-state index in [4.69, 9.17) is 4.74 Å². The van der Waals surface area contributed by atoms with Gasteiger partial charge in [-0.1, -0.05) is 0 Å². The Hall–Kier alpha value is -0.490. The summed E-state index contributed by atoms with van der Waals surface area (Å²) in [5, 5.41) is 19.4. The molecule has 1 unspecified atom stereocenters. The maximum Gasteiger partial charge on any atom is 0.132 e. The zero-order valence-electron chi connectivity index (χ0n) is 8.62. The van der Waals surface area contributed by atoms with Gasteiger partial charge in [0.05, 0.1) is 9.17 Å². The minimum Gasteiger partial charge on any atom is -0.507 e. The highest BCUT2D eigenvalue weighted by molar-refractivity contribution is 14.1. The van der Waals surface area contributed by atoms with E-state index in [2.05, 4.69) is 22.6 Å². The molecule has 15 heavy (non-hydrogen) atoms. The van der Waals surface area contributed by atoms with E-state index >= 15 is 0 Å². The van der Waals surface area contributed by atoms with Gasteiger partial charge in [-0.2, -0.15) is 0 Å². The minimum atomic E-state index is -0.861. The van der Waals surface area contributed by atoms with Gasteiger partial charge in [-0.05, 0) is 48.1 Å². The fourth-order valence-electron chi connectivity index (χ4n) is 1.64. The lowest BCUT2D eigenvalue weighted by molar-refractivity contribution is -0.0230. The molecule has 0 aliphatic carbocycles. The summed E-state index contributed by atoms with van der Waals surface area (Å²) in [6.07, 6.45) is 0.458. The van der Waals surface area contributed by atoms with Crippen LogP contribution in [0.1, 0.15) is 19.4 Å². The summed E-state index contributed by atoms with van der Waals surface area (Å²) >= 11 is 2.08. The Morgan fingerprint density at radius 1 is 1.47 bits per heavy atom. The van der Waals surface area contributed by atoms with E-state index in [0.717, 1.165) is 9.13 Å². The number of rotatable bonds is 1. The number of phenolic OH excluding ortho intramolecular Hbond substituents is 1. The van der Waals surface area contributed by atoms with Gasteiger partial charge < -0.3 is 14.9 Å². The molecule has 0 amide bonds. The lowest BCUT2D eigenvalue weighted by atomic mass is 9.97. The highest BCUT2D eigenvalue weighted by atomic mass is 127. The smallest absolute Gasteiger partial charge is 0.132 e. The summed E-state index contributed by atoms with van der Waals surface area (Å²) in [5.41, 5.74) is 0.185. The van der Waals surface area contributed by atoms with Gasteiger partial charge in [-0.3, -0.25) is 0 Å². The minimum absolute atomic E-state index is 0.228. The summed E-state index contributed by atoms with van der Waals surface area (Å²) in [6, 6.07) is 3.51. The van der Waals surface area contributed by atoms with Crippen molar-refractivity contribution >= 4 is 22.6 Å².